The summed E-state index contributed by atoms with van der Waals surface area (Å²) in [7, 11) is 1.75. The Kier molecular flexibility index (Phi) is 4.34. The van der Waals surface area contributed by atoms with E-state index < -0.39 is 11.9 Å². The van der Waals surface area contributed by atoms with Gasteiger partial charge < -0.3 is 16.8 Å². The van der Waals surface area contributed by atoms with Crippen LogP contribution in [-0.4, -0.2) is 21.6 Å². The number of carbonyl (C=O) groups is 2. The van der Waals surface area contributed by atoms with E-state index in [2.05, 4.69) is 10.4 Å². The molecule has 2 aromatic rings. The van der Waals surface area contributed by atoms with Gasteiger partial charge in [-0.1, -0.05) is 18.2 Å². The monoisotopic (exact) mass is 287 g/mol. The van der Waals surface area contributed by atoms with Crippen LogP contribution in [-0.2, 0) is 23.1 Å². The van der Waals surface area contributed by atoms with Crippen molar-refractivity contribution in [2.45, 2.75) is 12.5 Å². The fraction of sp³-hybridized carbons (Fsp3) is 0.214. The Morgan fingerprint density at radius 2 is 2.10 bits per heavy atom. The fourth-order valence-electron chi connectivity index (χ4n) is 1.95. The molecule has 0 spiro atoms. The molecular weight excluding hydrogens is 270 g/mol. The molecule has 1 aromatic carbocycles. The molecule has 1 atom stereocenters. The van der Waals surface area contributed by atoms with Gasteiger partial charge in [-0.15, -0.1) is 0 Å². The maximum atomic E-state index is 12.2. The highest BCUT2D eigenvalue weighted by Gasteiger charge is 2.18. The van der Waals surface area contributed by atoms with Gasteiger partial charge in [0, 0.05) is 24.5 Å². The van der Waals surface area contributed by atoms with Crippen LogP contribution in [0.3, 0.4) is 0 Å². The summed E-state index contributed by atoms with van der Waals surface area (Å²) >= 11 is 0. The third-order valence-electron chi connectivity index (χ3n) is 3.01. The lowest BCUT2D eigenvalue weighted by atomic mass is 10.1. The van der Waals surface area contributed by atoms with Gasteiger partial charge in [-0.05, 0) is 11.6 Å². The van der Waals surface area contributed by atoms with Crippen molar-refractivity contribution in [3.05, 3.63) is 47.8 Å². The number of nitrogens with one attached hydrogen (secondary N) is 1. The lowest BCUT2D eigenvalue weighted by Crippen LogP contribution is -2.28. The quantitative estimate of drug-likeness (QED) is 0.722. The Morgan fingerprint density at radius 3 is 2.71 bits per heavy atom. The summed E-state index contributed by atoms with van der Waals surface area (Å²) in [5, 5.41) is 6.69. The number of nitrogens with two attached hydrogens (primary N) is 2. The summed E-state index contributed by atoms with van der Waals surface area (Å²) in [5.74, 6) is -0.840. The number of carbonyl (C=O) groups excluding carboxylic acids is 2. The molecule has 7 nitrogen and oxygen atoms in total. The van der Waals surface area contributed by atoms with Crippen LogP contribution in [0.25, 0.3) is 0 Å². The van der Waals surface area contributed by atoms with Crippen LogP contribution in [0.5, 0.6) is 0 Å². The van der Waals surface area contributed by atoms with Gasteiger partial charge in [0.1, 0.15) is 6.04 Å². The lowest BCUT2D eigenvalue weighted by molar-refractivity contribution is -0.118. The van der Waals surface area contributed by atoms with Gasteiger partial charge in [0.05, 0.1) is 12.6 Å². The summed E-state index contributed by atoms with van der Waals surface area (Å²) in [6.07, 6.45) is 3.28. The number of aryl methyl sites for hydroxylation is 1. The van der Waals surface area contributed by atoms with Crippen LogP contribution in [0.2, 0.25) is 0 Å². The van der Waals surface area contributed by atoms with Crippen molar-refractivity contribution >= 4 is 17.5 Å². The molecule has 0 bridgehead atoms. The van der Waals surface area contributed by atoms with Gasteiger partial charge in [-0.2, -0.15) is 5.10 Å². The number of aromatic nitrogens is 2. The van der Waals surface area contributed by atoms with E-state index in [0.29, 0.717) is 16.8 Å². The highest BCUT2D eigenvalue weighted by molar-refractivity contribution is 5.96. The number of anilines is 1. The van der Waals surface area contributed by atoms with Crippen LogP contribution in [0.1, 0.15) is 17.2 Å². The molecule has 0 saturated carbocycles. The third kappa shape index (κ3) is 3.67. The predicted octanol–water partition coefficient (Wildman–Crippen LogP) is 0.0864. The number of nitrogens with zero attached hydrogens (tertiary/aromatic N) is 2. The normalized spacial score (nSPS) is 11.9. The van der Waals surface area contributed by atoms with E-state index in [4.69, 9.17) is 11.5 Å². The average molecular weight is 287 g/mol. The Bertz CT molecular complexity index is 665. The first-order valence-corrected chi connectivity index (χ1v) is 6.38. The standard InChI is InChI=1S/C14H17N5O2/c1-19-8-10(7-17-19)13(16)14(21)18-11-5-3-2-4-9(11)6-12(15)20/h2-5,7-8,13H,6,16H2,1H3,(H2,15,20)(H,18,21). The summed E-state index contributed by atoms with van der Waals surface area (Å²) in [6, 6.07) is 6.13. The molecule has 0 aliphatic carbocycles. The molecule has 0 fully saturated rings. The lowest BCUT2D eigenvalue weighted by Gasteiger charge is -2.13. The van der Waals surface area contributed by atoms with Crippen molar-refractivity contribution in [3.63, 3.8) is 0 Å². The Labute approximate surface area is 121 Å². The molecular formula is C14H17N5O2. The number of para-hydroxylation sites is 1. The van der Waals surface area contributed by atoms with E-state index in [1.807, 2.05) is 0 Å². The van der Waals surface area contributed by atoms with Gasteiger partial charge in [0.2, 0.25) is 11.8 Å². The largest absolute Gasteiger partial charge is 0.369 e. The summed E-state index contributed by atoms with van der Waals surface area (Å²) in [5.41, 5.74) is 12.9. The van der Waals surface area contributed by atoms with Crippen LogP contribution in [0, 0.1) is 0 Å². The number of rotatable bonds is 5. The third-order valence-corrected chi connectivity index (χ3v) is 3.01. The predicted molar refractivity (Wildman–Crippen MR) is 78.1 cm³/mol. The van der Waals surface area contributed by atoms with Crippen LogP contribution < -0.4 is 16.8 Å². The van der Waals surface area contributed by atoms with E-state index in [0.717, 1.165) is 0 Å². The van der Waals surface area contributed by atoms with Crippen molar-refractivity contribution in [3.8, 4) is 0 Å². The molecule has 0 aliphatic rings. The van der Waals surface area contributed by atoms with Crippen LogP contribution in [0.15, 0.2) is 36.7 Å². The Hall–Kier alpha value is -2.67. The molecule has 2 rings (SSSR count). The van der Waals surface area contributed by atoms with E-state index in [-0.39, 0.29) is 12.3 Å². The van der Waals surface area contributed by atoms with Gasteiger partial charge in [-0.3, -0.25) is 14.3 Å². The topological polar surface area (TPSA) is 116 Å². The number of hydrogen-bond acceptors (Lipinski definition) is 4. The molecule has 0 radical (unpaired) electrons. The second-order valence-corrected chi connectivity index (χ2v) is 4.71. The highest BCUT2D eigenvalue weighted by Crippen LogP contribution is 2.18. The van der Waals surface area contributed by atoms with E-state index in [1.165, 1.54) is 0 Å². The Morgan fingerprint density at radius 1 is 1.38 bits per heavy atom. The molecule has 1 heterocycles. The smallest absolute Gasteiger partial charge is 0.246 e. The molecule has 5 N–H and O–H groups in total. The summed E-state index contributed by atoms with van der Waals surface area (Å²) in [6.45, 7) is 0. The molecule has 0 saturated heterocycles. The molecule has 0 aliphatic heterocycles. The molecule has 2 amide bonds. The van der Waals surface area contributed by atoms with Crippen LogP contribution >= 0.6 is 0 Å². The zero-order valence-corrected chi connectivity index (χ0v) is 11.6. The maximum Gasteiger partial charge on any atom is 0.246 e. The van der Waals surface area contributed by atoms with Gasteiger partial charge >= 0.3 is 0 Å². The number of primary amides is 1. The van der Waals surface area contributed by atoms with Crippen LogP contribution in [0.4, 0.5) is 5.69 Å². The first kappa shape index (κ1) is 14.7. The van der Waals surface area contributed by atoms with E-state index >= 15 is 0 Å². The number of benzene rings is 1. The minimum atomic E-state index is -0.833. The summed E-state index contributed by atoms with van der Waals surface area (Å²) < 4.78 is 1.57. The van der Waals surface area contributed by atoms with Crippen molar-refractivity contribution < 1.29 is 9.59 Å². The van der Waals surface area contributed by atoms with Crippen molar-refractivity contribution in [1.29, 1.82) is 0 Å². The molecule has 110 valence electrons. The zero-order chi connectivity index (χ0) is 15.4. The maximum absolute atomic E-state index is 12.2. The Balaban J connectivity index is 2.14. The van der Waals surface area contributed by atoms with E-state index in [1.54, 1.807) is 48.4 Å². The van der Waals surface area contributed by atoms with Gasteiger partial charge in [0.25, 0.3) is 0 Å². The van der Waals surface area contributed by atoms with Gasteiger partial charge in [0.15, 0.2) is 0 Å². The number of amides is 2. The average Bonchev–Trinajstić information content (AvgIpc) is 2.86. The first-order valence-electron chi connectivity index (χ1n) is 6.38. The molecule has 7 heteroatoms. The van der Waals surface area contributed by atoms with E-state index in [9.17, 15) is 9.59 Å². The second-order valence-electron chi connectivity index (χ2n) is 4.71. The SMILES string of the molecule is Cn1cc(C(N)C(=O)Nc2ccccc2CC(N)=O)cn1. The summed E-state index contributed by atoms with van der Waals surface area (Å²) in [4.78, 5) is 23.2. The van der Waals surface area contributed by atoms with Gasteiger partial charge in [-0.25, -0.2) is 0 Å². The molecule has 1 unspecified atom stereocenters. The van der Waals surface area contributed by atoms with Crippen molar-refractivity contribution in [1.82, 2.24) is 9.78 Å². The number of hydrogen-bond donors (Lipinski definition) is 3. The minimum Gasteiger partial charge on any atom is -0.369 e. The molecule has 1 aromatic heterocycles. The van der Waals surface area contributed by atoms with Crippen molar-refractivity contribution in [2.75, 3.05) is 5.32 Å². The van der Waals surface area contributed by atoms with Crippen molar-refractivity contribution in [2.24, 2.45) is 18.5 Å². The molecule has 21 heavy (non-hydrogen) atoms. The fourth-order valence-corrected chi connectivity index (χ4v) is 1.95. The highest BCUT2D eigenvalue weighted by atomic mass is 16.2. The minimum absolute atomic E-state index is 0.0542. The zero-order valence-electron chi connectivity index (χ0n) is 11.6. The first-order chi connectivity index (χ1) is 9.97. The second kappa shape index (κ2) is 6.19.